The Morgan fingerprint density at radius 3 is 0.505 bits per heavy atom. The van der Waals surface area contributed by atoms with Crippen molar-refractivity contribution in [1.29, 1.82) is 0 Å². The summed E-state index contributed by atoms with van der Waals surface area (Å²) in [5, 5.41) is 255. The average Bonchev–Trinajstić information content (AvgIpc) is 0.784. The van der Waals surface area contributed by atoms with Crippen LogP contribution in [0.3, 0.4) is 0 Å². The van der Waals surface area contributed by atoms with Crippen molar-refractivity contribution >= 4 is 7.82 Å². The summed E-state index contributed by atoms with van der Waals surface area (Å²) in [5.41, 5.74) is 0. The molecule has 1 unspecified atom stereocenters. The molecular weight excluding hydrogens is 1320 g/mol. The molecular formula is C48H80NaO43P. The number of phosphoric ester groups is 1. The van der Waals surface area contributed by atoms with Crippen molar-refractivity contribution in [2.24, 2.45) is 0 Å². The minimum absolute atomic E-state index is 0. The Labute approximate surface area is 546 Å². The molecule has 536 valence electrons. The maximum atomic E-state index is 11.8. The minimum Gasteiger partial charge on any atom is -0.756 e. The number of ether oxygens (including phenoxy) is 16. The summed E-state index contributed by atoms with van der Waals surface area (Å²) in [6, 6.07) is 0. The molecule has 0 aromatic heterocycles. The number of aliphatic hydroxyl groups excluding tert-OH is 23. The number of hydrogen-bond donors (Lipinski definition) is 24. The van der Waals surface area contributed by atoms with Gasteiger partial charge in [-0.15, -0.1) is 0 Å². The van der Waals surface area contributed by atoms with Gasteiger partial charge in [0.05, 0.1) is 52.9 Å². The fourth-order valence-corrected chi connectivity index (χ4v) is 12.4. The van der Waals surface area contributed by atoms with Crippen molar-refractivity contribution in [3.8, 4) is 0 Å². The average molecular weight is 1400 g/mol. The van der Waals surface area contributed by atoms with Gasteiger partial charge in [-0.1, -0.05) is 0 Å². The molecule has 0 spiro atoms. The first kappa shape index (κ1) is 78.3. The molecule has 30 aliphatic heterocycles. The molecule has 30 rings (SSSR count). The zero-order valence-corrected chi connectivity index (χ0v) is 51.6. The van der Waals surface area contributed by atoms with Crippen LogP contribution in [0.4, 0.5) is 0 Å². The third kappa shape index (κ3) is 16.4. The zero-order valence-electron chi connectivity index (χ0n) is 48.7. The molecule has 0 aromatic rings. The Kier molecular flexibility index (Phi) is 27.9. The maximum absolute atomic E-state index is 11.8. The summed E-state index contributed by atoms with van der Waals surface area (Å²) in [4.78, 5) is 21.4. The fourth-order valence-electron chi connectivity index (χ4n) is 12.1. The van der Waals surface area contributed by atoms with Gasteiger partial charge in [0.2, 0.25) is 0 Å². The van der Waals surface area contributed by atoms with Crippen LogP contribution < -0.4 is 34.5 Å². The third-order valence-electron chi connectivity index (χ3n) is 17.1. The summed E-state index contributed by atoms with van der Waals surface area (Å²) in [6.45, 7) is -9.25. The molecule has 30 saturated heterocycles. The Balaban J connectivity index is 0.0000111. The van der Waals surface area contributed by atoms with Crippen LogP contribution in [0.2, 0.25) is 0 Å². The Morgan fingerprint density at radius 1 is 0.247 bits per heavy atom. The van der Waals surface area contributed by atoms with E-state index in [0.717, 1.165) is 0 Å². The van der Waals surface area contributed by atoms with Crippen molar-refractivity contribution in [1.82, 2.24) is 0 Å². The molecule has 93 heavy (non-hydrogen) atoms. The second-order valence-corrected chi connectivity index (χ2v) is 24.2. The van der Waals surface area contributed by atoms with E-state index in [1.165, 1.54) is 0 Å². The monoisotopic (exact) mass is 1400 g/mol. The smallest absolute Gasteiger partial charge is 0.756 e. The van der Waals surface area contributed by atoms with Gasteiger partial charge in [0.1, 0.15) is 195 Å². The van der Waals surface area contributed by atoms with Crippen LogP contribution in [0.25, 0.3) is 0 Å². The van der Waals surface area contributed by atoms with Gasteiger partial charge >= 0.3 is 29.6 Å². The van der Waals surface area contributed by atoms with E-state index in [4.69, 9.17) is 75.8 Å². The molecule has 0 aromatic carbocycles. The van der Waals surface area contributed by atoms with Crippen molar-refractivity contribution in [2.75, 3.05) is 52.9 Å². The predicted octanol–water partition coefficient (Wildman–Crippen LogP) is -20.9. The second-order valence-electron chi connectivity index (χ2n) is 23.0. The van der Waals surface area contributed by atoms with Gasteiger partial charge in [-0.2, -0.15) is 0 Å². The topological polar surface area (TPSA) is 683 Å². The van der Waals surface area contributed by atoms with E-state index in [-0.39, 0.29) is 29.6 Å². The largest absolute Gasteiger partial charge is 1.00 e. The molecule has 41 atom stereocenters. The Bertz CT molecular complexity index is 2330. The first-order valence-corrected chi connectivity index (χ1v) is 30.4. The van der Waals surface area contributed by atoms with Crippen molar-refractivity contribution in [2.45, 2.75) is 246 Å². The molecule has 43 nitrogen and oxygen atoms in total. The molecule has 30 heterocycles. The number of hydrogen-bond acceptors (Lipinski definition) is 42. The van der Waals surface area contributed by atoms with Crippen LogP contribution in [0, 0.1) is 0 Å². The van der Waals surface area contributed by atoms with Crippen molar-refractivity contribution in [3.05, 3.63) is 0 Å². The second kappa shape index (κ2) is 33.1. The molecule has 45 heteroatoms. The van der Waals surface area contributed by atoms with E-state index in [2.05, 4.69) is 4.52 Å². The summed E-state index contributed by atoms with van der Waals surface area (Å²) >= 11 is 0. The molecule has 24 N–H and O–H groups in total. The first-order valence-electron chi connectivity index (χ1n) is 28.9. The standard InChI is InChI=1S/C48H81O43P.Na/c49-1-9-33-17(56)25(64)41(76-9)85-34-10(2-50)78-43(27(66)19(34)58)87-36-12(4-52)80-45(29(68)21(36)60)89-38-14(6-54)82-47(31(70)23(38)62)91-40-16(8-75-92(72,73)74)83-48(32(71)24(40)63)90-39-15(7-55)81-46(30(69)22(39)61)88-37-13(5-53)79-44(28(67)20(37)59)86-35-11(3-51)77-42(84-33)26(65)18(35)57;/h9-71H,1-8H2,(H2,72,73,74);/q;+1/p-1/t9-,10-,11-,12-,13-,14-,15-,16-,17-,18-,19-,20-,21-,22-,23-,24-,25-,26-,27-,28-,29-,30-,31-,32-,33-,34-,35-,36-,37-,38-,39-,40-,41-,42-,43-,44-,45-,46-,47-,48-;/m1./s1. The number of aliphatic hydroxyl groups is 23. The fraction of sp³-hybridized carbons (Fsp3) is 1.00. The van der Waals surface area contributed by atoms with Crippen LogP contribution in [0.5, 0.6) is 0 Å². The molecule has 0 aliphatic carbocycles. The van der Waals surface area contributed by atoms with Crippen molar-refractivity contribution in [3.63, 3.8) is 0 Å². The molecule has 0 amide bonds. The summed E-state index contributed by atoms with van der Waals surface area (Å²) in [7, 11) is -5.72. The normalized spacial score (nSPS) is 53.6. The first-order chi connectivity index (χ1) is 43.5. The predicted molar refractivity (Wildman–Crippen MR) is 270 cm³/mol. The van der Waals surface area contributed by atoms with Gasteiger partial charge in [-0.25, -0.2) is 0 Å². The summed E-state index contributed by atoms with van der Waals surface area (Å²) in [6.07, 6.45) is -85.3. The van der Waals surface area contributed by atoms with Gasteiger partial charge < -0.3 is 208 Å². The van der Waals surface area contributed by atoms with Crippen molar-refractivity contribution < 1.29 is 242 Å². The zero-order chi connectivity index (χ0) is 67.3. The SMILES string of the molecule is O=P([O-])(O)OC[C@H]1O[C@@H]2O[C@H]3[C@H](O)[C@@H](O)[C@@H](O[C@H]4[C@H](O)[C@@H](O)[C@@H](O[C@H]5[C@H](O)[C@@H](O)[C@@H](O[C@H]6[C@H](O)[C@@H](O)[C@@H](O[C@H]7[C@H](O)[C@@H](O)[C@@H](O[C@H]8[C@H](O)[C@@H](O)[C@@H](O[C@H]9[C@H](O)[C@@H](O)[C@@H](O[C@H]1[C@H](O)[C@H]2O)O[C@@H]9CO)O[C@@H]8CO)O[C@@H]7CO)O[C@@H]6CO)O[C@@H]5CO)O[C@@H]4CO)O[C@@H]3CO.[Na+]. The minimum atomic E-state index is -5.72. The molecule has 16 bridgehead atoms. The van der Waals surface area contributed by atoms with Gasteiger partial charge in [0.15, 0.2) is 50.3 Å². The van der Waals surface area contributed by atoms with Crippen LogP contribution >= 0.6 is 7.82 Å². The van der Waals surface area contributed by atoms with E-state index < -0.39 is 306 Å². The van der Waals surface area contributed by atoms with Gasteiger partial charge in [-0.3, -0.25) is 4.57 Å². The quantitative estimate of drug-likeness (QED) is 0.0713. The van der Waals surface area contributed by atoms with E-state index in [9.17, 15) is 132 Å². The molecule has 0 radical (unpaired) electrons. The van der Waals surface area contributed by atoms with Gasteiger partial charge in [0, 0.05) is 0 Å². The molecule has 0 saturated carbocycles. The van der Waals surface area contributed by atoms with Gasteiger partial charge in [0.25, 0.3) is 7.82 Å². The van der Waals surface area contributed by atoms with Crippen LogP contribution in [0.15, 0.2) is 0 Å². The van der Waals surface area contributed by atoms with E-state index in [0.29, 0.717) is 0 Å². The Morgan fingerprint density at radius 2 is 0.376 bits per heavy atom. The number of phosphoric acid groups is 1. The Hall–Kier alpha value is -0.450. The maximum Gasteiger partial charge on any atom is 1.00 e. The van der Waals surface area contributed by atoms with E-state index in [1.807, 2.05) is 0 Å². The third-order valence-corrected chi connectivity index (χ3v) is 17.6. The van der Waals surface area contributed by atoms with E-state index in [1.54, 1.807) is 0 Å². The van der Waals surface area contributed by atoms with Crippen LogP contribution in [-0.2, 0) is 84.9 Å². The molecule has 30 aliphatic rings. The number of rotatable bonds is 10. The van der Waals surface area contributed by atoms with Gasteiger partial charge in [-0.05, 0) is 0 Å². The molecule has 30 fully saturated rings. The summed E-state index contributed by atoms with van der Waals surface area (Å²) < 4.78 is 107. The van der Waals surface area contributed by atoms with Crippen LogP contribution in [0.1, 0.15) is 0 Å². The summed E-state index contributed by atoms with van der Waals surface area (Å²) in [5.74, 6) is 0. The van der Waals surface area contributed by atoms with E-state index >= 15 is 0 Å². The van der Waals surface area contributed by atoms with Crippen LogP contribution in [-0.4, -0.2) is 421 Å².